The molecule has 0 bridgehead atoms. The molecule has 3 heteroatoms. The van der Waals surface area contributed by atoms with Crippen LogP contribution in [0, 0.1) is 5.92 Å². The quantitative estimate of drug-likeness (QED) is 0.554. The molecule has 0 spiro atoms. The van der Waals surface area contributed by atoms with Gasteiger partial charge < -0.3 is 10.5 Å². The zero-order valence-corrected chi connectivity index (χ0v) is 9.71. The topological polar surface area (TPSA) is 47.6 Å². The van der Waals surface area contributed by atoms with Crippen LogP contribution in [-0.4, -0.2) is 24.1 Å². The molecular weight excluding hydrogens is 176 g/mol. The van der Waals surface area contributed by atoms with E-state index in [1.54, 1.807) is 0 Å². The van der Waals surface area contributed by atoms with Gasteiger partial charge in [-0.2, -0.15) is 0 Å². The minimum Gasteiger partial charge on any atom is -0.385 e. The number of rotatable bonds is 4. The monoisotopic (exact) mass is 198 g/mol. The van der Waals surface area contributed by atoms with Crippen molar-refractivity contribution in [1.29, 1.82) is 0 Å². The first-order chi connectivity index (χ1) is 6.44. The maximum absolute atomic E-state index is 5.96. The van der Waals surface area contributed by atoms with Crippen LogP contribution in [0.25, 0.3) is 0 Å². The van der Waals surface area contributed by atoms with Gasteiger partial charge >= 0.3 is 0 Å². The molecule has 1 rings (SSSR count). The average molecular weight is 198 g/mol. The minimum atomic E-state index is -0.103. The predicted octanol–water partition coefficient (Wildman–Crippen LogP) is 1.96. The van der Waals surface area contributed by atoms with E-state index in [1.807, 2.05) is 6.92 Å². The van der Waals surface area contributed by atoms with Gasteiger partial charge in [0.2, 0.25) is 0 Å². The van der Waals surface area contributed by atoms with Gasteiger partial charge in [-0.25, -0.2) is 0 Å². The average Bonchev–Trinajstić information content (AvgIpc) is 2.78. The number of nitrogens with zero attached hydrogens (tertiary/aromatic N) is 1. The van der Waals surface area contributed by atoms with Crippen LogP contribution in [0.2, 0.25) is 0 Å². The Balaban J connectivity index is 2.62. The summed E-state index contributed by atoms with van der Waals surface area (Å²) in [6.45, 7) is 8.86. The van der Waals surface area contributed by atoms with Crippen LogP contribution >= 0.6 is 0 Å². The fourth-order valence-corrected chi connectivity index (χ4v) is 1.49. The van der Waals surface area contributed by atoms with Crippen molar-refractivity contribution in [3.63, 3.8) is 0 Å². The smallest absolute Gasteiger partial charge is 0.124 e. The number of nitrogens with two attached hydrogens (primary N) is 1. The molecule has 0 aliphatic heterocycles. The summed E-state index contributed by atoms with van der Waals surface area (Å²) in [5.74, 6) is 1.28. The van der Waals surface area contributed by atoms with Crippen molar-refractivity contribution in [3.8, 4) is 0 Å². The normalized spacial score (nSPS) is 21.0. The zero-order valence-electron chi connectivity index (χ0n) is 9.71. The van der Waals surface area contributed by atoms with Crippen LogP contribution in [0.3, 0.4) is 0 Å². The van der Waals surface area contributed by atoms with Gasteiger partial charge in [0.1, 0.15) is 11.9 Å². The third kappa shape index (κ3) is 3.66. The van der Waals surface area contributed by atoms with Crippen LogP contribution in [0.15, 0.2) is 4.99 Å². The third-order valence-corrected chi connectivity index (χ3v) is 2.15. The Morgan fingerprint density at radius 2 is 2.07 bits per heavy atom. The highest BCUT2D eigenvalue weighted by Crippen LogP contribution is 2.34. The largest absolute Gasteiger partial charge is 0.385 e. The highest BCUT2D eigenvalue weighted by molar-refractivity contribution is 5.85. The first kappa shape index (κ1) is 11.5. The molecule has 0 heterocycles. The van der Waals surface area contributed by atoms with Gasteiger partial charge in [-0.1, -0.05) is 0 Å². The van der Waals surface area contributed by atoms with Crippen LogP contribution < -0.4 is 5.73 Å². The number of amidine groups is 1. The fraction of sp³-hybridized carbons (Fsp3) is 0.909. The van der Waals surface area contributed by atoms with Crippen molar-refractivity contribution in [2.45, 2.75) is 52.2 Å². The van der Waals surface area contributed by atoms with Crippen LogP contribution in [0.4, 0.5) is 0 Å². The van der Waals surface area contributed by atoms with E-state index in [2.05, 4.69) is 25.8 Å². The lowest BCUT2D eigenvalue weighted by Crippen LogP contribution is -2.35. The second-order valence-corrected chi connectivity index (χ2v) is 4.92. The van der Waals surface area contributed by atoms with Crippen LogP contribution in [0.5, 0.6) is 0 Å². The molecule has 0 saturated heterocycles. The SMILES string of the molecule is CCOC(C(N)=NC(C)(C)C)C1CC1. The van der Waals surface area contributed by atoms with E-state index in [9.17, 15) is 0 Å². The fourth-order valence-electron chi connectivity index (χ4n) is 1.49. The van der Waals surface area contributed by atoms with Gasteiger partial charge in [0.25, 0.3) is 0 Å². The zero-order chi connectivity index (χ0) is 10.8. The molecule has 1 saturated carbocycles. The van der Waals surface area contributed by atoms with Crippen molar-refractivity contribution in [2.75, 3.05) is 6.61 Å². The molecule has 0 aromatic heterocycles. The van der Waals surface area contributed by atoms with E-state index >= 15 is 0 Å². The van der Waals surface area contributed by atoms with Crippen LogP contribution in [-0.2, 0) is 4.74 Å². The standard InChI is InChI=1S/C11H22N2O/c1-5-14-9(8-6-7-8)10(12)13-11(2,3)4/h8-9H,5-7H2,1-4H3,(H2,12,13). The molecule has 0 amide bonds. The van der Waals surface area contributed by atoms with Crippen molar-refractivity contribution in [2.24, 2.45) is 16.6 Å². The molecule has 1 aliphatic carbocycles. The second kappa shape index (κ2) is 4.30. The third-order valence-electron chi connectivity index (χ3n) is 2.15. The summed E-state index contributed by atoms with van der Waals surface area (Å²) in [6.07, 6.45) is 2.51. The van der Waals surface area contributed by atoms with Crippen molar-refractivity contribution in [3.05, 3.63) is 0 Å². The Kier molecular flexibility index (Phi) is 3.53. The highest BCUT2D eigenvalue weighted by atomic mass is 16.5. The first-order valence-corrected chi connectivity index (χ1v) is 5.41. The number of aliphatic imine (C=N–C) groups is 1. The number of ether oxygens (including phenoxy) is 1. The molecular formula is C11H22N2O. The Labute approximate surface area is 86.7 Å². The second-order valence-electron chi connectivity index (χ2n) is 4.92. The summed E-state index contributed by atoms with van der Waals surface area (Å²) < 4.78 is 5.62. The Morgan fingerprint density at radius 1 is 1.50 bits per heavy atom. The number of hydrogen-bond donors (Lipinski definition) is 1. The van der Waals surface area contributed by atoms with E-state index in [1.165, 1.54) is 12.8 Å². The summed E-state index contributed by atoms with van der Waals surface area (Å²) in [5, 5.41) is 0. The van der Waals surface area contributed by atoms with E-state index in [4.69, 9.17) is 10.5 Å². The molecule has 0 aromatic rings. The van der Waals surface area contributed by atoms with Crippen molar-refractivity contribution >= 4 is 5.84 Å². The van der Waals surface area contributed by atoms with Gasteiger partial charge in [-0.05, 0) is 46.5 Å². The van der Waals surface area contributed by atoms with Gasteiger partial charge in [0.05, 0.1) is 5.54 Å². The molecule has 2 N–H and O–H groups in total. The summed E-state index contributed by atoms with van der Waals surface area (Å²) in [7, 11) is 0. The van der Waals surface area contributed by atoms with Gasteiger partial charge in [0, 0.05) is 6.61 Å². The molecule has 0 aromatic carbocycles. The molecule has 14 heavy (non-hydrogen) atoms. The van der Waals surface area contributed by atoms with Gasteiger partial charge in [-0.15, -0.1) is 0 Å². The summed E-state index contributed by atoms with van der Waals surface area (Å²) in [6, 6.07) is 0. The summed E-state index contributed by atoms with van der Waals surface area (Å²) in [4.78, 5) is 4.46. The maximum atomic E-state index is 5.96. The maximum Gasteiger partial charge on any atom is 0.124 e. The molecule has 1 unspecified atom stereocenters. The summed E-state index contributed by atoms with van der Waals surface area (Å²) >= 11 is 0. The van der Waals surface area contributed by atoms with E-state index in [0.717, 1.165) is 0 Å². The molecule has 3 nitrogen and oxygen atoms in total. The minimum absolute atomic E-state index is 0.0548. The summed E-state index contributed by atoms with van der Waals surface area (Å²) in [5.41, 5.74) is 5.85. The van der Waals surface area contributed by atoms with Gasteiger partial charge in [-0.3, -0.25) is 4.99 Å². The molecule has 1 aliphatic rings. The lowest BCUT2D eigenvalue weighted by molar-refractivity contribution is 0.0932. The number of hydrogen-bond acceptors (Lipinski definition) is 2. The van der Waals surface area contributed by atoms with E-state index in [0.29, 0.717) is 18.4 Å². The highest BCUT2D eigenvalue weighted by Gasteiger charge is 2.34. The molecule has 82 valence electrons. The van der Waals surface area contributed by atoms with Gasteiger partial charge in [0.15, 0.2) is 0 Å². The lowest BCUT2D eigenvalue weighted by Gasteiger charge is -2.20. The Bertz CT molecular complexity index is 214. The molecule has 0 radical (unpaired) electrons. The van der Waals surface area contributed by atoms with Crippen molar-refractivity contribution in [1.82, 2.24) is 0 Å². The van der Waals surface area contributed by atoms with E-state index < -0.39 is 0 Å². The Hall–Kier alpha value is -0.570. The molecule has 1 atom stereocenters. The molecule has 1 fully saturated rings. The van der Waals surface area contributed by atoms with Crippen molar-refractivity contribution < 1.29 is 4.74 Å². The predicted molar refractivity (Wildman–Crippen MR) is 59.5 cm³/mol. The van der Waals surface area contributed by atoms with Crippen LogP contribution in [0.1, 0.15) is 40.5 Å². The Morgan fingerprint density at radius 3 is 2.43 bits per heavy atom. The lowest BCUT2D eigenvalue weighted by atomic mass is 10.1. The first-order valence-electron chi connectivity index (χ1n) is 5.41. The van der Waals surface area contributed by atoms with E-state index in [-0.39, 0.29) is 11.6 Å².